The Hall–Kier alpha value is -2.12. The molecule has 0 unspecified atom stereocenters. The molecule has 3 N–H and O–H groups in total. The van der Waals surface area contributed by atoms with E-state index in [0.717, 1.165) is 16.3 Å². The Morgan fingerprint density at radius 1 is 1.43 bits per heavy atom. The van der Waals surface area contributed by atoms with Gasteiger partial charge < -0.3 is 15.7 Å². The maximum Gasteiger partial charge on any atom is 0.325 e. The number of aryl methyl sites for hydroxylation is 1. The van der Waals surface area contributed by atoms with Crippen molar-refractivity contribution in [2.24, 2.45) is 0 Å². The first-order valence-corrected chi connectivity index (χ1v) is 8.04. The summed E-state index contributed by atoms with van der Waals surface area (Å²) in [5.41, 5.74) is 1.66. The van der Waals surface area contributed by atoms with Crippen LogP contribution in [0.3, 0.4) is 0 Å². The smallest absolute Gasteiger partial charge is 0.325 e. The van der Waals surface area contributed by atoms with Gasteiger partial charge in [-0.1, -0.05) is 11.6 Å². The number of hydrogen-bond donors (Lipinski definition) is 3. The minimum absolute atomic E-state index is 0.392. The van der Waals surface area contributed by atoms with Crippen molar-refractivity contribution in [1.29, 1.82) is 0 Å². The van der Waals surface area contributed by atoms with Crippen LogP contribution in [-0.2, 0) is 11.3 Å². The van der Waals surface area contributed by atoms with E-state index < -0.39 is 17.9 Å². The van der Waals surface area contributed by atoms with E-state index in [2.05, 4.69) is 15.6 Å². The van der Waals surface area contributed by atoms with E-state index in [4.69, 9.17) is 16.7 Å². The van der Waals surface area contributed by atoms with Gasteiger partial charge in [0.2, 0.25) is 0 Å². The van der Waals surface area contributed by atoms with Crippen LogP contribution in [0.2, 0.25) is 5.02 Å². The quantitative estimate of drug-likeness (QED) is 0.742. The Morgan fingerprint density at radius 3 is 2.87 bits per heavy atom. The number of carbonyl (C=O) groups is 2. The second kappa shape index (κ2) is 7.43. The summed E-state index contributed by atoms with van der Waals surface area (Å²) in [6, 6.07) is 4.37. The van der Waals surface area contributed by atoms with Crippen LogP contribution in [-0.4, -0.2) is 28.0 Å². The molecule has 8 heteroatoms. The minimum atomic E-state index is -1.07. The Morgan fingerprint density at radius 2 is 2.17 bits per heavy atom. The number of carboxylic acid groups (broad SMARTS) is 1. The average molecular weight is 354 g/mol. The number of thiophene rings is 1. The molecule has 2 heterocycles. The van der Waals surface area contributed by atoms with Crippen molar-refractivity contribution in [2.75, 3.05) is 5.32 Å². The lowest BCUT2D eigenvalue weighted by Crippen LogP contribution is -2.37. The molecular weight excluding hydrogens is 338 g/mol. The lowest BCUT2D eigenvalue weighted by molar-refractivity contribution is -0.138. The van der Waals surface area contributed by atoms with Gasteiger partial charge in [-0.3, -0.25) is 14.6 Å². The molecule has 23 heavy (non-hydrogen) atoms. The fourth-order valence-corrected chi connectivity index (χ4v) is 2.80. The van der Waals surface area contributed by atoms with E-state index in [1.54, 1.807) is 18.3 Å². The molecule has 2 rings (SSSR count). The number of carboxylic acids is 1. The zero-order chi connectivity index (χ0) is 17.0. The van der Waals surface area contributed by atoms with Crippen LogP contribution in [0.5, 0.6) is 0 Å². The van der Waals surface area contributed by atoms with Crippen molar-refractivity contribution < 1.29 is 14.7 Å². The van der Waals surface area contributed by atoms with Gasteiger partial charge in [0, 0.05) is 17.6 Å². The number of hydrogen-bond acceptors (Lipinski definition) is 5. The number of halogens is 1. The highest BCUT2D eigenvalue weighted by Gasteiger charge is 2.16. The first kappa shape index (κ1) is 17.2. The topological polar surface area (TPSA) is 91.3 Å². The van der Waals surface area contributed by atoms with Gasteiger partial charge in [0.05, 0.1) is 21.3 Å². The Labute approximate surface area is 142 Å². The number of aliphatic carboxylic acids is 1. The molecule has 0 fully saturated rings. The molecule has 2 aromatic rings. The highest BCUT2D eigenvalue weighted by molar-refractivity contribution is 7.14. The van der Waals surface area contributed by atoms with Crippen LogP contribution in [0.4, 0.5) is 5.69 Å². The van der Waals surface area contributed by atoms with E-state index in [1.807, 2.05) is 13.0 Å². The largest absolute Gasteiger partial charge is 0.480 e. The number of nitrogens with one attached hydrogen (secondary N) is 2. The summed E-state index contributed by atoms with van der Waals surface area (Å²) in [5, 5.41) is 15.0. The maximum absolute atomic E-state index is 11.9. The van der Waals surface area contributed by atoms with Crippen LogP contribution in [0.25, 0.3) is 0 Å². The molecule has 1 atom stereocenters. The van der Waals surface area contributed by atoms with Crippen molar-refractivity contribution >= 4 is 40.5 Å². The normalized spacial score (nSPS) is 11.8. The minimum Gasteiger partial charge on any atom is -0.480 e. The highest BCUT2D eigenvalue weighted by atomic mass is 35.5. The van der Waals surface area contributed by atoms with Crippen molar-refractivity contribution in [3.63, 3.8) is 0 Å². The van der Waals surface area contributed by atoms with Gasteiger partial charge in [0.15, 0.2) is 0 Å². The summed E-state index contributed by atoms with van der Waals surface area (Å²) >= 11 is 7.22. The molecular formula is C15H16ClN3O3S. The molecule has 0 radical (unpaired) electrons. The number of amides is 1. The van der Waals surface area contributed by atoms with Crippen LogP contribution in [0, 0.1) is 6.92 Å². The average Bonchev–Trinajstić information content (AvgIpc) is 2.97. The molecule has 0 bridgehead atoms. The summed E-state index contributed by atoms with van der Waals surface area (Å²) in [7, 11) is 0. The zero-order valence-electron chi connectivity index (χ0n) is 12.6. The number of aromatic nitrogens is 1. The molecule has 0 aliphatic rings. The van der Waals surface area contributed by atoms with Gasteiger partial charge in [0.25, 0.3) is 5.91 Å². The third-order valence-electron chi connectivity index (χ3n) is 3.11. The second-order valence-electron chi connectivity index (χ2n) is 4.94. The third-order valence-corrected chi connectivity index (χ3v) is 4.40. The molecule has 0 aliphatic heterocycles. The molecule has 122 valence electrons. The third kappa shape index (κ3) is 4.67. The standard InChI is InChI=1S/C15H16ClN3O3S/c1-8-12(5-10(16)6-17-8)18-7-11-3-4-13(23-11)14(20)19-9(2)15(21)22/h3-6,9,18H,7H2,1-2H3,(H,19,20)(H,21,22)/t9-/m0/s1. The van der Waals surface area contributed by atoms with Crippen molar-refractivity contribution in [1.82, 2.24) is 10.3 Å². The predicted octanol–water partition coefficient (Wildman–Crippen LogP) is 2.92. The highest BCUT2D eigenvalue weighted by Crippen LogP contribution is 2.21. The van der Waals surface area contributed by atoms with Crippen LogP contribution in [0.15, 0.2) is 24.4 Å². The monoisotopic (exact) mass is 353 g/mol. The van der Waals surface area contributed by atoms with Gasteiger partial charge in [-0.2, -0.15) is 0 Å². The van der Waals surface area contributed by atoms with E-state index in [0.29, 0.717) is 16.4 Å². The number of carbonyl (C=O) groups excluding carboxylic acids is 1. The number of anilines is 1. The second-order valence-corrected chi connectivity index (χ2v) is 6.54. The van der Waals surface area contributed by atoms with E-state index >= 15 is 0 Å². The van der Waals surface area contributed by atoms with Gasteiger partial charge in [-0.25, -0.2) is 0 Å². The maximum atomic E-state index is 11.9. The molecule has 0 aliphatic carbocycles. The molecule has 2 aromatic heterocycles. The predicted molar refractivity (Wildman–Crippen MR) is 90.2 cm³/mol. The number of nitrogens with zero attached hydrogens (tertiary/aromatic N) is 1. The lowest BCUT2D eigenvalue weighted by Gasteiger charge is -2.08. The van der Waals surface area contributed by atoms with Crippen LogP contribution in [0.1, 0.15) is 27.2 Å². The molecule has 1 amide bonds. The molecule has 0 saturated heterocycles. The van der Waals surface area contributed by atoms with Gasteiger partial charge in [-0.15, -0.1) is 11.3 Å². The first-order valence-electron chi connectivity index (χ1n) is 6.85. The van der Waals surface area contributed by atoms with Gasteiger partial charge >= 0.3 is 5.97 Å². The van der Waals surface area contributed by atoms with E-state index in [-0.39, 0.29) is 0 Å². The molecule has 0 saturated carbocycles. The van der Waals surface area contributed by atoms with Crippen LogP contribution >= 0.6 is 22.9 Å². The number of pyridine rings is 1. The molecule has 6 nitrogen and oxygen atoms in total. The Kier molecular flexibility index (Phi) is 5.57. The van der Waals surface area contributed by atoms with Gasteiger partial charge in [0.1, 0.15) is 6.04 Å². The molecule has 0 spiro atoms. The van der Waals surface area contributed by atoms with Crippen molar-refractivity contribution in [3.8, 4) is 0 Å². The van der Waals surface area contributed by atoms with Gasteiger partial charge in [-0.05, 0) is 32.0 Å². The first-order chi connectivity index (χ1) is 10.9. The van der Waals surface area contributed by atoms with E-state index in [9.17, 15) is 9.59 Å². The zero-order valence-corrected chi connectivity index (χ0v) is 14.2. The van der Waals surface area contributed by atoms with Crippen molar-refractivity contribution in [2.45, 2.75) is 26.4 Å². The van der Waals surface area contributed by atoms with Crippen molar-refractivity contribution in [3.05, 3.63) is 44.9 Å². The SMILES string of the molecule is Cc1ncc(Cl)cc1NCc1ccc(C(=O)N[C@@H](C)C(=O)O)s1. The summed E-state index contributed by atoms with van der Waals surface area (Å²) in [4.78, 5) is 28.3. The summed E-state index contributed by atoms with van der Waals surface area (Å²) in [6.45, 7) is 3.82. The lowest BCUT2D eigenvalue weighted by atomic mass is 10.3. The number of rotatable bonds is 6. The van der Waals surface area contributed by atoms with E-state index in [1.165, 1.54) is 18.3 Å². The Balaban J connectivity index is 1.98. The van der Waals surface area contributed by atoms with Crippen LogP contribution < -0.4 is 10.6 Å². The molecule has 0 aromatic carbocycles. The summed E-state index contributed by atoms with van der Waals surface area (Å²) < 4.78 is 0. The Bertz CT molecular complexity index is 733. The fraction of sp³-hybridized carbons (Fsp3) is 0.267. The fourth-order valence-electron chi connectivity index (χ4n) is 1.79. The summed E-state index contributed by atoms with van der Waals surface area (Å²) in [5.74, 6) is -1.46. The summed E-state index contributed by atoms with van der Waals surface area (Å²) in [6.07, 6.45) is 1.58.